The molecule has 1 N–H and O–H groups in total. The zero-order valence-electron chi connectivity index (χ0n) is 17.2. The second-order valence-electron chi connectivity index (χ2n) is 6.38. The van der Waals surface area contributed by atoms with Gasteiger partial charge >= 0.3 is 18.6 Å². The second kappa shape index (κ2) is 20.5. The van der Waals surface area contributed by atoms with Crippen molar-refractivity contribution in [1.29, 1.82) is 0 Å². The summed E-state index contributed by atoms with van der Waals surface area (Å²) in [6.07, 6.45) is 6.57. The fraction of sp³-hybridized carbons (Fsp3) is 1.00. The van der Waals surface area contributed by atoms with Crippen LogP contribution >= 0.6 is 0 Å². The van der Waals surface area contributed by atoms with E-state index >= 15 is 0 Å². The maximum atomic E-state index is 5.89. The van der Waals surface area contributed by atoms with E-state index in [0.29, 0.717) is 0 Å². The van der Waals surface area contributed by atoms with Gasteiger partial charge in [-0.3, -0.25) is 0 Å². The topological polar surface area (TPSA) is 49.0 Å². The summed E-state index contributed by atoms with van der Waals surface area (Å²) in [6, 6.07) is 2.20. The average Bonchev–Trinajstić information content (AvgIpc) is 2.63. The molecule has 0 radical (unpaired) electrons. The molecule has 0 rings (SSSR count). The van der Waals surface area contributed by atoms with E-state index in [-0.39, 0.29) is 0 Å². The van der Waals surface area contributed by atoms with E-state index in [4.69, 9.17) is 17.7 Å². The van der Waals surface area contributed by atoms with Gasteiger partial charge in [0, 0.05) is 26.4 Å². The molecule has 7 heteroatoms. The molecule has 0 fully saturated rings. The lowest BCUT2D eigenvalue weighted by Crippen LogP contribution is -2.27. The highest BCUT2D eigenvalue weighted by Gasteiger charge is 2.13. The molecule has 0 saturated carbocycles. The van der Waals surface area contributed by atoms with Gasteiger partial charge in [0.2, 0.25) is 0 Å². The molecule has 0 aliphatic carbocycles. The van der Waals surface area contributed by atoms with Gasteiger partial charge in [-0.25, -0.2) is 0 Å². The largest absolute Gasteiger partial charge is 0.397 e. The van der Waals surface area contributed by atoms with E-state index in [1.807, 2.05) is 0 Å². The molecule has 0 aliphatic rings. The third-order valence-electron chi connectivity index (χ3n) is 3.62. The van der Waals surface area contributed by atoms with E-state index in [2.05, 4.69) is 33.0 Å². The SMILES string of the molecule is CCCO[SiH](CCCNCCC[SiH](OCCC)OCCC)OCCC. The summed E-state index contributed by atoms with van der Waals surface area (Å²) in [7, 11) is -2.89. The normalized spacial score (nSPS) is 11.8. The van der Waals surface area contributed by atoms with Crippen molar-refractivity contribution in [2.24, 2.45) is 0 Å². The van der Waals surface area contributed by atoms with Crippen LogP contribution in [0.3, 0.4) is 0 Å². The van der Waals surface area contributed by atoms with Gasteiger partial charge in [-0.15, -0.1) is 0 Å². The third-order valence-corrected chi connectivity index (χ3v) is 7.81. The summed E-state index contributed by atoms with van der Waals surface area (Å²) in [4.78, 5) is 0. The molecule has 0 saturated heterocycles. The predicted octanol–water partition coefficient (Wildman–Crippen LogP) is 3.50. The fourth-order valence-corrected chi connectivity index (χ4v) is 6.27. The van der Waals surface area contributed by atoms with E-state index in [1.54, 1.807) is 0 Å². The van der Waals surface area contributed by atoms with Crippen molar-refractivity contribution in [3.63, 3.8) is 0 Å². The van der Waals surface area contributed by atoms with E-state index in [9.17, 15) is 0 Å². The zero-order chi connectivity index (χ0) is 18.6. The minimum atomic E-state index is -1.44. The lowest BCUT2D eigenvalue weighted by atomic mass is 10.4. The first-order chi connectivity index (χ1) is 12.3. The van der Waals surface area contributed by atoms with Crippen molar-refractivity contribution in [2.45, 2.75) is 78.3 Å². The first-order valence-electron chi connectivity index (χ1n) is 10.4. The van der Waals surface area contributed by atoms with E-state index < -0.39 is 18.6 Å². The Morgan fingerprint density at radius 2 is 0.880 bits per heavy atom. The number of hydrogen-bond donors (Lipinski definition) is 1. The highest BCUT2D eigenvalue weighted by molar-refractivity contribution is 6.44. The number of hydrogen-bond acceptors (Lipinski definition) is 5. The lowest BCUT2D eigenvalue weighted by Gasteiger charge is -2.17. The average molecular weight is 394 g/mol. The molecular formula is C18H43NO4Si2. The summed E-state index contributed by atoms with van der Waals surface area (Å²) in [5.41, 5.74) is 0. The van der Waals surface area contributed by atoms with Crippen LogP contribution in [-0.4, -0.2) is 58.1 Å². The molecule has 0 atom stereocenters. The van der Waals surface area contributed by atoms with E-state index in [0.717, 1.165) is 90.1 Å². The molecule has 5 nitrogen and oxygen atoms in total. The van der Waals surface area contributed by atoms with Gasteiger partial charge in [0.05, 0.1) is 0 Å². The van der Waals surface area contributed by atoms with Gasteiger partial charge in [-0.2, -0.15) is 0 Å². The molecule has 152 valence electrons. The quantitative estimate of drug-likeness (QED) is 0.253. The molecule has 0 aromatic rings. The van der Waals surface area contributed by atoms with Crippen LogP contribution in [0.1, 0.15) is 66.2 Å². The molecule has 0 spiro atoms. The molecule has 0 amide bonds. The Hall–Kier alpha value is 0.234. The summed E-state index contributed by atoms with van der Waals surface area (Å²) in [5.74, 6) is 0. The molecule has 0 bridgehead atoms. The fourth-order valence-electron chi connectivity index (χ4n) is 2.34. The molecule has 0 aromatic heterocycles. The van der Waals surface area contributed by atoms with Gasteiger partial charge in [0.25, 0.3) is 0 Å². The highest BCUT2D eigenvalue weighted by Crippen LogP contribution is 2.05. The molecule has 0 aliphatic heterocycles. The van der Waals surface area contributed by atoms with Gasteiger partial charge in [0.15, 0.2) is 0 Å². The van der Waals surface area contributed by atoms with Gasteiger partial charge in [-0.1, -0.05) is 27.7 Å². The summed E-state index contributed by atoms with van der Waals surface area (Å²) >= 11 is 0. The molecule has 0 unspecified atom stereocenters. The van der Waals surface area contributed by atoms with E-state index in [1.165, 1.54) is 0 Å². The van der Waals surface area contributed by atoms with Crippen LogP contribution in [-0.2, 0) is 17.7 Å². The Morgan fingerprint density at radius 3 is 1.16 bits per heavy atom. The molecule has 0 heterocycles. The van der Waals surface area contributed by atoms with Gasteiger partial charge < -0.3 is 23.0 Å². The van der Waals surface area contributed by atoms with Crippen molar-refractivity contribution in [1.82, 2.24) is 5.32 Å². The van der Waals surface area contributed by atoms with Crippen molar-refractivity contribution < 1.29 is 17.7 Å². The van der Waals surface area contributed by atoms with Crippen molar-refractivity contribution in [3.8, 4) is 0 Å². The highest BCUT2D eigenvalue weighted by atomic mass is 28.3. The van der Waals surface area contributed by atoms with Crippen LogP contribution in [0.25, 0.3) is 0 Å². The maximum absolute atomic E-state index is 5.89. The maximum Gasteiger partial charge on any atom is 0.321 e. The first kappa shape index (κ1) is 25.2. The van der Waals surface area contributed by atoms with Crippen molar-refractivity contribution >= 4 is 18.6 Å². The first-order valence-corrected chi connectivity index (χ1v) is 14.0. The number of nitrogens with one attached hydrogen (secondary N) is 1. The van der Waals surface area contributed by atoms with Crippen LogP contribution in [0.5, 0.6) is 0 Å². The van der Waals surface area contributed by atoms with Gasteiger partial charge in [0.1, 0.15) is 0 Å². The Morgan fingerprint density at radius 1 is 0.560 bits per heavy atom. The molecule has 0 aromatic carbocycles. The van der Waals surface area contributed by atoms with Crippen LogP contribution in [0.4, 0.5) is 0 Å². The Labute approximate surface area is 159 Å². The minimum absolute atomic E-state index is 0.843. The van der Waals surface area contributed by atoms with Crippen LogP contribution in [0, 0.1) is 0 Å². The van der Waals surface area contributed by atoms with Crippen LogP contribution in [0.2, 0.25) is 12.1 Å². The number of rotatable bonds is 20. The van der Waals surface area contributed by atoms with Crippen LogP contribution in [0.15, 0.2) is 0 Å². The third kappa shape index (κ3) is 17.4. The smallest absolute Gasteiger partial charge is 0.321 e. The van der Waals surface area contributed by atoms with Crippen molar-refractivity contribution in [3.05, 3.63) is 0 Å². The predicted molar refractivity (Wildman–Crippen MR) is 111 cm³/mol. The molecular weight excluding hydrogens is 350 g/mol. The Bertz CT molecular complexity index is 223. The zero-order valence-corrected chi connectivity index (χ0v) is 19.5. The second-order valence-corrected chi connectivity index (χ2v) is 10.6. The Balaban J connectivity index is 3.69. The van der Waals surface area contributed by atoms with Gasteiger partial charge in [-0.05, 0) is 63.7 Å². The Kier molecular flexibility index (Phi) is 20.7. The summed E-state index contributed by atoms with van der Waals surface area (Å²) in [5, 5.41) is 3.54. The monoisotopic (exact) mass is 393 g/mol. The molecule has 25 heavy (non-hydrogen) atoms. The lowest BCUT2D eigenvalue weighted by molar-refractivity contribution is 0.195. The van der Waals surface area contributed by atoms with Crippen molar-refractivity contribution in [2.75, 3.05) is 39.5 Å². The standard InChI is InChI=1S/C18H43NO4Si2/c1-5-13-20-24(21-14-6-2)17-9-11-19-12-10-18-25(22-15-7-3)23-16-8-4/h19,24-25H,5-18H2,1-4H3. The van der Waals surface area contributed by atoms with Crippen LogP contribution < -0.4 is 5.32 Å². The summed E-state index contributed by atoms with van der Waals surface area (Å²) < 4.78 is 23.6. The summed E-state index contributed by atoms with van der Waals surface area (Å²) in [6.45, 7) is 14.1. The minimum Gasteiger partial charge on any atom is -0.397 e.